The Kier molecular flexibility index (Phi) is 8.58. The van der Waals surface area contributed by atoms with E-state index in [-0.39, 0.29) is 42.8 Å². The maximum atomic E-state index is 12.3. The third kappa shape index (κ3) is 7.15. The molecule has 0 unspecified atom stereocenters. The van der Waals surface area contributed by atoms with E-state index >= 15 is 0 Å². The summed E-state index contributed by atoms with van der Waals surface area (Å²) >= 11 is 0. The van der Waals surface area contributed by atoms with Crippen molar-refractivity contribution in [1.82, 2.24) is 5.32 Å². The Labute approximate surface area is 148 Å². The Morgan fingerprint density at radius 2 is 1.76 bits per heavy atom. The number of amides is 1. The van der Waals surface area contributed by atoms with Crippen molar-refractivity contribution in [3.63, 3.8) is 0 Å². The van der Waals surface area contributed by atoms with E-state index in [0.29, 0.717) is 0 Å². The third-order valence-electron chi connectivity index (χ3n) is 3.16. The van der Waals surface area contributed by atoms with Gasteiger partial charge in [-0.25, -0.2) is 8.42 Å². The van der Waals surface area contributed by atoms with Gasteiger partial charge in [0.2, 0.25) is 10.0 Å². The largest absolute Gasteiger partial charge is 0.355 e. The molecule has 8 nitrogen and oxygen atoms in total. The minimum Gasteiger partial charge on any atom is -0.355 e. The Balaban J connectivity index is 2.75. The minimum absolute atomic E-state index is 0.00663. The van der Waals surface area contributed by atoms with Crippen LogP contribution in [0.4, 0.5) is 5.69 Å². The zero-order chi connectivity index (χ0) is 18.9. The lowest BCUT2D eigenvalue weighted by atomic mass is 10.2. The van der Waals surface area contributed by atoms with Crippen LogP contribution >= 0.6 is 7.60 Å². The third-order valence-corrected chi connectivity index (χ3v) is 6.69. The van der Waals surface area contributed by atoms with Crippen LogP contribution < -0.4 is 10.0 Å². The topological polar surface area (TPSA) is 111 Å². The van der Waals surface area contributed by atoms with Crippen LogP contribution in [0.3, 0.4) is 0 Å². The van der Waals surface area contributed by atoms with Crippen molar-refractivity contribution >= 4 is 29.2 Å². The molecular weight excluding hydrogens is 367 g/mol. The van der Waals surface area contributed by atoms with Crippen molar-refractivity contribution in [2.45, 2.75) is 20.3 Å². The Morgan fingerprint density at radius 1 is 1.16 bits per heavy atom. The number of para-hydroxylation sites is 1. The second kappa shape index (κ2) is 9.91. The number of benzene rings is 1. The summed E-state index contributed by atoms with van der Waals surface area (Å²) in [5.41, 5.74) is 0.419. The lowest BCUT2D eigenvalue weighted by Crippen LogP contribution is -2.23. The molecule has 0 heterocycles. The van der Waals surface area contributed by atoms with Gasteiger partial charge in [0.05, 0.1) is 36.4 Å². The van der Waals surface area contributed by atoms with Gasteiger partial charge < -0.3 is 14.4 Å². The minimum atomic E-state index is -3.71. The summed E-state index contributed by atoms with van der Waals surface area (Å²) in [7, 11) is -5.52. The summed E-state index contributed by atoms with van der Waals surface area (Å²) in [6.45, 7) is 3.84. The van der Waals surface area contributed by atoms with E-state index in [0.717, 1.165) is 0 Å². The second-order valence-electron chi connectivity index (χ2n) is 5.07. The van der Waals surface area contributed by atoms with Crippen LogP contribution in [-0.4, -0.2) is 46.5 Å². The fourth-order valence-electron chi connectivity index (χ4n) is 2.13. The van der Waals surface area contributed by atoms with E-state index in [1.54, 1.807) is 26.0 Å². The molecule has 0 aliphatic heterocycles. The maximum absolute atomic E-state index is 12.3. The monoisotopic (exact) mass is 392 g/mol. The highest BCUT2D eigenvalue weighted by Gasteiger charge is 2.24. The first-order valence-corrected chi connectivity index (χ1v) is 11.3. The number of carbonyl (C=O) groups excluding carboxylic acids is 1. The molecular formula is C15H25N2O6PS. The summed E-state index contributed by atoms with van der Waals surface area (Å²) in [5.74, 6) is -0.658. The molecule has 0 bridgehead atoms. The molecule has 25 heavy (non-hydrogen) atoms. The first-order valence-electron chi connectivity index (χ1n) is 7.96. The number of nitrogens with one attached hydrogen (secondary N) is 2. The van der Waals surface area contributed by atoms with Crippen LogP contribution in [0.25, 0.3) is 0 Å². The van der Waals surface area contributed by atoms with Crippen molar-refractivity contribution < 1.29 is 26.8 Å². The van der Waals surface area contributed by atoms with E-state index < -0.39 is 23.5 Å². The SMILES string of the molecule is CCOP(=O)(CCCS(=O)(=O)Nc1ccccc1C(=O)NC)OCC. The molecule has 0 aliphatic carbocycles. The average molecular weight is 392 g/mol. The molecule has 10 heteroatoms. The average Bonchev–Trinajstić information content (AvgIpc) is 2.54. The molecule has 0 saturated heterocycles. The quantitative estimate of drug-likeness (QED) is 0.560. The summed E-state index contributed by atoms with van der Waals surface area (Å²) < 4.78 is 49.5. The Hall–Kier alpha value is -1.41. The summed E-state index contributed by atoms with van der Waals surface area (Å²) in [6.07, 6.45) is 0.113. The first-order chi connectivity index (χ1) is 11.8. The van der Waals surface area contributed by atoms with Crippen LogP contribution in [0.1, 0.15) is 30.6 Å². The molecule has 0 atom stereocenters. The Bertz CT molecular complexity index is 712. The van der Waals surface area contributed by atoms with Crippen molar-refractivity contribution in [2.75, 3.05) is 36.9 Å². The van der Waals surface area contributed by atoms with Crippen LogP contribution in [0.15, 0.2) is 24.3 Å². The molecule has 1 amide bonds. The molecule has 0 saturated carbocycles. The van der Waals surface area contributed by atoms with E-state index in [4.69, 9.17) is 9.05 Å². The molecule has 0 aromatic heterocycles. The highest BCUT2D eigenvalue weighted by Crippen LogP contribution is 2.48. The van der Waals surface area contributed by atoms with E-state index in [2.05, 4.69) is 10.0 Å². The molecule has 1 aromatic rings. The lowest BCUT2D eigenvalue weighted by molar-refractivity contribution is 0.0964. The molecule has 0 radical (unpaired) electrons. The van der Waals surface area contributed by atoms with Crippen LogP contribution in [0.2, 0.25) is 0 Å². The van der Waals surface area contributed by atoms with Crippen molar-refractivity contribution in [1.29, 1.82) is 0 Å². The van der Waals surface area contributed by atoms with Crippen molar-refractivity contribution in [3.8, 4) is 0 Å². The second-order valence-corrected chi connectivity index (χ2v) is 9.10. The fraction of sp³-hybridized carbons (Fsp3) is 0.533. The number of hydrogen-bond donors (Lipinski definition) is 2. The fourth-order valence-corrected chi connectivity index (χ4v) is 5.15. The van der Waals surface area contributed by atoms with Gasteiger partial charge in [-0.1, -0.05) is 12.1 Å². The van der Waals surface area contributed by atoms with Gasteiger partial charge in [0.25, 0.3) is 5.91 Å². The van der Waals surface area contributed by atoms with Crippen LogP contribution in [0.5, 0.6) is 0 Å². The van der Waals surface area contributed by atoms with E-state index in [9.17, 15) is 17.8 Å². The highest BCUT2D eigenvalue weighted by atomic mass is 32.2. The van der Waals surface area contributed by atoms with E-state index in [1.165, 1.54) is 19.2 Å². The molecule has 0 fully saturated rings. The zero-order valence-corrected chi connectivity index (χ0v) is 16.4. The van der Waals surface area contributed by atoms with Gasteiger partial charge in [-0.05, 0) is 32.4 Å². The Morgan fingerprint density at radius 3 is 2.32 bits per heavy atom. The molecule has 2 N–H and O–H groups in total. The predicted octanol–water partition coefficient (Wildman–Crippen LogP) is 2.44. The number of carbonyl (C=O) groups is 1. The van der Waals surface area contributed by atoms with Gasteiger partial charge in [0.1, 0.15) is 0 Å². The smallest absolute Gasteiger partial charge is 0.330 e. The zero-order valence-electron chi connectivity index (χ0n) is 14.6. The number of sulfonamides is 1. The maximum Gasteiger partial charge on any atom is 0.330 e. The summed E-state index contributed by atoms with van der Waals surface area (Å²) in [6, 6.07) is 6.30. The molecule has 1 aromatic carbocycles. The predicted molar refractivity (Wildman–Crippen MR) is 97.6 cm³/mol. The van der Waals surface area contributed by atoms with Gasteiger partial charge in [-0.2, -0.15) is 0 Å². The normalized spacial score (nSPS) is 12.0. The first kappa shape index (κ1) is 21.6. The van der Waals surface area contributed by atoms with Gasteiger partial charge in [0, 0.05) is 7.05 Å². The van der Waals surface area contributed by atoms with Gasteiger partial charge in [-0.3, -0.25) is 14.1 Å². The van der Waals surface area contributed by atoms with Gasteiger partial charge in [0.15, 0.2) is 0 Å². The van der Waals surface area contributed by atoms with Crippen molar-refractivity contribution in [3.05, 3.63) is 29.8 Å². The number of rotatable bonds is 11. The molecule has 0 aliphatic rings. The van der Waals surface area contributed by atoms with Crippen LogP contribution in [-0.2, 0) is 23.6 Å². The highest BCUT2D eigenvalue weighted by molar-refractivity contribution is 7.92. The summed E-state index contributed by atoms with van der Waals surface area (Å²) in [5, 5.41) is 2.45. The molecule has 1 rings (SSSR count). The molecule has 142 valence electrons. The van der Waals surface area contributed by atoms with Crippen LogP contribution in [0, 0.1) is 0 Å². The molecule has 0 spiro atoms. The van der Waals surface area contributed by atoms with Crippen molar-refractivity contribution in [2.24, 2.45) is 0 Å². The van der Waals surface area contributed by atoms with Gasteiger partial charge >= 0.3 is 7.60 Å². The lowest BCUT2D eigenvalue weighted by Gasteiger charge is -2.17. The van der Waals surface area contributed by atoms with E-state index in [1.807, 2.05) is 0 Å². The number of anilines is 1. The standard InChI is InChI=1S/C15H25N2O6PS/c1-4-22-24(19,23-5-2)11-8-12-25(20,21)17-14-10-7-6-9-13(14)15(18)16-3/h6-7,9-10,17H,4-5,8,11-12H2,1-3H3,(H,16,18). The number of hydrogen-bond acceptors (Lipinski definition) is 6. The van der Waals surface area contributed by atoms with Gasteiger partial charge in [-0.15, -0.1) is 0 Å². The summed E-state index contributed by atoms with van der Waals surface area (Å²) in [4.78, 5) is 11.8.